The molecule has 0 spiro atoms. The zero-order valence-electron chi connectivity index (χ0n) is 15.5. The molecule has 0 aliphatic rings. The Bertz CT molecular complexity index is 423. The van der Waals surface area contributed by atoms with Crippen molar-refractivity contribution in [3.8, 4) is 5.75 Å². The number of rotatable bonds is 15. The first-order valence-corrected chi connectivity index (χ1v) is 14.9. The monoisotopic (exact) mass is 422 g/mol. The smallest absolute Gasteiger partial charge is 0.381 e. The summed E-state index contributed by atoms with van der Waals surface area (Å²) in [5.41, 5.74) is -0.265. The van der Waals surface area contributed by atoms with Gasteiger partial charge in [0.15, 0.2) is 0 Å². The molecule has 1 aromatic rings. The van der Waals surface area contributed by atoms with Gasteiger partial charge in [-0.2, -0.15) is 0 Å². The summed E-state index contributed by atoms with van der Waals surface area (Å²) in [6.45, 7) is 2.26. The van der Waals surface area contributed by atoms with E-state index < -0.39 is 6.00 Å². The molecule has 0 heterocycles. The van der Waals surface area contributed by atoms with Crippen LogP contribution in [-0.4, -0.2) is 11.7 Å². The number of benzene rings is 1. The largest absolute Gasteiger partial charge is 0.490 e. The first kappa shape index (κ1) is 23.1. The highest BCUT2D eigenvalue weighted by Gasteiger charge is 2.38. The Morgan fingerprint density at radius 1 is 0.760 bits per heavy atom. The van der Waals surface area contributed by atoms with Gasteiger partial charge in [0.25, 0.3) is 0 Å². The molecule has 0 aliphatic carbocycles. The van der Waals surface area contributed by atoms with Crippen molar-refractivity contribution in [1.29, 1.82) is 0 Å². The third kappa shape index (κ3) is 12.2. The normalized spacial score (nSPS) is 13.0. The predicted molar refractivity (Wildman–Crippen MR) is 115 cm³/mol. The fourth-order valence-electron chi connectivity index (χ4n) is 2.95. The maximum atomic E-state index is 6.23. The molecule has 0 aliphatic heterocycles. The fraction of sp³-hybridized carbons (Fsp3) is 0.700. The van der Waals surface area contributed by atoms with Gasteiger partial charge in [0.1, 0.15) is 11.5 Å². The summed E-state index contributed by atoms with van der Waals surface area (Å²) < 4.78 is 5.94. The van der Waals surface area contributed by atoms with Gasteiger partial charge in [-0.1, -0.05) is 89.3 Å². The second-order valence-electron chi connectivity index (χ2n) is 6.79. The molecule has 1 unspecified atom stereocenters. The average Bonchev–Trinajstić information content (AvgIpc) is 2.58. The molecular formula is C20H33Cl3OSi. The van der Waals surface area contributed by atoms with E-state index in [2.05, 4.69) is 6.92 Å². The molecule has 1 nitrogen and oxygen atoms in total. The van der Waals surface area contributed by atoms with Gasteiger partial charge in [-0.3, -0.25) is 0 Å². The Balaban J connectivity index is 2.11. The Morgan fingerprint density at radius 3 is 1.72 bits per heavy atom. The second-order valence-corrected chi connectivity index (χ2v) is 15.6. The molecule has 0 saturated heterocycles. The number of hydrogen-bond acceptors (Lipinski definition) is 1. The zero-order chi connectivity index (χ0) is 18.4. The molecule has 144 valence electrons. The lowest BCUT2D eigenvalue weighted by Gasteiger charge is -2.23. The van der Waals surface area contributed by atoms with Crippen LogP contribution in [0.2, 0.25) is 0 Å². The van der Waals surface area contributed by atoms with Gasteiger partial charge in [-0.15, -0.1) is 33.2 Å². The van der Waals surface area contributed by atoms with Crippen molar-refractivity contribution in [2.45, 2.75) is 89.7 Å². The first-order chi connectivity index (χ1) is 12.0. The van der Waals surface area contributed by atoms with Crippen LogP contribution in [-0.2, 0) is 0 Å². The average molecular weight is 424 g/mol. The third-order valence-corrected chi connectivity index (χ3v) is 7.78. The van der Waals surface area contributed by atoms with Gasteiger partial charge < -0.3 is 4.74 Å². The molecule has 1 atom stereocenters. The van der Waals surface area contributed by atoms with Crippen molar-refractivity contribution >= 4 is 39.2 Å². The molecule has 0 amide bonds. The summed E-state index contributed by atoms with van der Waals surface area (Å²) >= 11 is 18.7. The highest BCUT2D eigenvalue weighted by molar-refractivity contribution is 7.65. The van der Waals surface area contributed by atoms with Gasteiger partial charge in [-0.25, -0.2) is 0 Å². The van der Waals surface area contributed by atoms with E-state index in [1.807, 2.05) is 30.3 Å². The van der Waals surface area contributed by atoms with Gasteiger partial charge in [-0.05, 0) is 25.0 Å². The van der Waals surface area contributed by atoms with Crippen LogP contribution >= 0.6 is 33.2 Å². The van der Waals surface area contributed by atoms with Crippen molar-refractivity contribution in [3.05, 3.63) is 30.3 Å². The maximum absolute atomic E-state index is 6.23. The maximum Gasteiger partial charge on any atom is 0.381 e. The summed E-state index contributed by atoms with van der Waals surface area (Å²) in [5, 5.41) is 0. The summed E-state index contributed by atoms with van der Waals surface area (Å²) in [6, 6.07) is 6.79. The van der Waals surface area contributed by atoms with Crippen LogP contribution in [0.3, 0.4) is 0 Å². The number of para-hydroxylation sites is 1. The Hall–Kier alpha value is 0.107. The lowest BCUT2D eigenvalue weighted by atomic mass is 10.1. The van der Waals surface area contributed by atoms with Crippen LogP contribution in [0.4, 0.5) is 0 Å². The van der Waals surface area contributed by atoms with E-state index in [1.165, 1.54) is 64.2 Å². The molecule has 0 bridgehead atoms. The van der Waals surface area contributed by atoms with Crippen LogP contribution in [0.1, 0.15) is 84.0 Å². The summed E-state index contributed by atoms with van der Waals surface area (Å²) in [6.07, 6.45) is 15.3. The first-order valence-electron chi connectivity index (χ1n) is 9.82. The topological polar surface area (TPSA) is 9.23 Å². The lowest BCUT2D eigenvalue weighted by molar-refractivity contribution is 0.260. The Labute approximate surface area is 169 Å². The van der Waals surface area contributed by atoms with Crippen molar-refractivity contribution in [3.63, 3.8) is 0 Å². The molecule has 0 N–H and O–H groups in total. The van der Waals surface area contributed by atoms with Gasteiger partial charge in [0, 0.05) is 0 Å². The van der Waals surface area contributed by atoms with Crippen LogP contribution in [0.5, 0.6) is 5.75 Å². The van der Waals surface area contributed by atoms with E-state index in [9.17, 15) is 0 Å². The summed E-state index contributed by atoms with van der Waals surface area (Å²) in [4.78, 5) is 0. The van der Waals surface area contributed by atoms with E-state index in [0.29, 0.717) is 0 Å². The van der Waals surface area contributed by atoms with E-state index in [-0.39, 0.29) is 5.73 Å². The van der Waals surface area contributed by atoms with E-state index >= 15 is 0 Å². The molecule has 5 heteroatoms. The van der Waals surface area contributed by atoms with Gasteiger partial charge >= 0.3 is 6.00 Å². The molecule has 1 aromatic carbocycles. The SMILES string of the molecule is CCCCCCCCCCCCCC(Oc1ccccc1)[Si](Cl)(Cl)Cl. The van der Waals surface area contributed by atoms with Crippen molar-refractivity contribution < 1.29 is 4.74 Å². The van der Waals surface area contributed by atoms with Crippen LogP contribution in [0, 0.1) is 0 Å². The minimum atomic E-state index is -2.87. The zero-order valence-corrected chi connectivity index (χ0v) is 18.8. The molecule has 25 heavy (non-hydrogen) atoms. The van der Waals surface area contributed by atoms with Crippen LogP contribution in [0.15, 0.2) is 30.3 Å². The molecule has 1 rings (SSSR count). The van der Waals surface area contributed by atoms with E-state index in [1.54, 1.807) is 0 Å². The van der Waals surface area contributed by atoms with Crippen LogP contribution < -0.4 is 4.74 Å². The minimum absolute atomic E-state index is 0.265. The molecular weight excluding hydrogens is 391 g/mol. The molecule has 0 aromatic heterocycles. The number of halogens is 3. The summed E-state index contributed by atoms with van der Waals surface area (Å²) in [7, 11) is 0. The highest BCUT2D eigenvalue weighted by Crippen LogP contribution is 2.31. The van der Waals surface area contributed by atoms with Crippen molar-refractivity contribution in [2.75, 3.05) is 0 Å². The Kier molecular flexibility index (Phi) is 13.1. The van der Waals surface area contributed by atoms with Gasteiger partial charge in [0.05, 0.1) is 0 Å². The highest BCUT2D eigenvalue weighted by atomic mass is 35.8. The fourth-order valence-corrected chi connectivity index (χ4v) is 5.13. The van der Waals surface area contributed by atoms with Crippen molar-refractivity contribution in [2.24, 2.45) is 0 Å². The Morgan fingerprint density at radius 2 is 1.24 bits per heavy atom. The molecule has 0 saturated carbocycles. The number of ether oxygens (including phenoxy) is 1. The van der Waals surface area contributed by atoms with E-state index in [4.69, 9.17) is 38.0 Å². The minimum Gasteiger partial charge on any atom is -0.490 e. The molecule has 0 radical (unpaired) electrons. The third-order valence-electron chi connectivity index (χ3n) is 4.46. The number of unbranched alkanes of at least 4 members (excludes halogenated alkanes) is 10. The van der Waals surface area contributed by atoms with Crippen molar-refractivity contribution in [1.82, 2.24) is 0 Å². The second kappa shape index (κ2) is 14.2. The van der Waals surface area contributed by atoms with E-state index in [0.717, 1.165) is 18.6 Å². The standard InChI is InChI=1S/C20H33Cl3OSi/c1-2-3-4-5-6-7-8-9-10-11-15-18-20(25(21,22)23)24-19-16-13-12-14-17-19/h12-14,16-17,20H,2-11,15,18H2,1H3. The van der Waals surface area contributed by atoms with Crippen LogP contribution in [0.25, 0.3) is 0 Å². The lowest BCUT2D eigenvalue weighted by Crippen LogP contribution is -2.36. The quantitative estimate of drug-likeness (QED) is 0.156. The molecule has 0 fully saturated rings. The predicted octanol–water partition coefficient (Wildman–Crippen LogP) is 8.33. The van der Waals surface area contributed by atoms with Gasteiger partial charge in [0.2, 0.25) is 0 Å². The summed E-state index contributed by atoms with van der Waals surface area (Å²) in [5.74, 6) is 0.786. The number of hydrogen-bond donors (Lipinski definition) is 0.